The smallest absolute Gasteiger partial charge is 0.0575 e. The number of hydrogen-bond donors (Lipinski definition) is 2. The third-order valence-corrected chi connectivity index (χ3v) is 1.43. The van der Waals surface area contributed by atoms with Gasteiger partial charge in [-0.05, 0) is 24.7 Å². The molecule has 0 spiro atoms. The second-order valence-electron chi connectivity index (χ2n) is 4.00. The van der Waals surface area contributed by atoms with Crippen LogP contribution < -0.4 is 0 Å². The zero-order valence-corrected chi connectivity index (χ0v) is 9.56. The molecular weight excluding hydrogens is 180 g/mol. The first-order valence-corrected chi connectivity index (χ1v) is 4.77. The molecule has 0 radical (unpaired) electrons. The van der Waals surface area contributed by atoms with E-state index in [1.54, 1.807) is 0 Å². The molecule has 0 aromatic rings. The van der Waals surface area contributed by atoms with E-state index in [1.165, 1.54) is 0 Å². The van der Waals surface area contributed by atoms with Gasteiger partial charge >= 0.3 is 0 Å². The summed E-state index contributed by atoms with van der Waals surface area (Å²) in [5.41, 5.74) is 0.926. The zero-order valence-electron chi connectivity index (χ0n) is 9.56. The summed E-state index contributed by atoms with van der Waals surface area (Å²) < 4.78 is 0. The van der Waals surface area contributed by atoms with Crippen LogP contribution in [0.2, 0.25) is 0 Å². The Labute approximate surface area is 86.3 Å². The predicted molar refractivity (Wildman–Crippen MR) is 59.5 cm³/mol. The van der Waals surface area contributed by atoms with Gasteiger partial charge in [0, 0.05) is 6.72 Å². The van der Waals surface area contributed by atoms with E-state index >= 15 is 0 Å². The normalized spacial score (nSPS) is 9.29. The van der Waals surface area contributed by atoms with Crippen molar-refractivity contribution in [2.75, 3.05) is 0 Å². The highest BCUT2D eigenvalue weighted by Gasteiger charge is 2.05. The van der Waals surface area contributed by atoms with Gasteiger partial charge in [-0.25, -0.2) is 0 Å². The predicted octanol–water partition coefficient (Wildman–Crippen LogP) is 2.99. The van der Waals surface area contributed by atoms with E-state index in [-0.39, 0.29) is 0 Å². The summed E-state index contributed by atoms with van der Waals surface area (Å²) in [7, 11) is 0. The minimum atomic E-state index is 0.583. The monoisotopic (exact) mass is 202 g/mol. The molecule has 4 nitrogen and oxygen atoms in total. The van der Waals surface area contributed by atoms with Crippen molar-refractivity contribution in [3.63, 3.8) is 0 Å². The minimum absolute atomic E-state index is 0.583. The van der Waals surface area contributed by atoms with Crippen LogP contribution in [0.25, 0.3) is 0 Å². The van der Waals surface area contributed by atoms with E-state index in [2.05, 4.69) is 44.7 Å². The fraction of sp³-hybridized carbons (Fsp3) is 0.800. The molecule has 0 fully saturated rings. The third-order valence-electron chi connectivity index (χ3n) is 1.43. The van der Waals surface area contributed by atoms with Crippen LogP contribution in [0.4, 0.5) is 0 Å². The second-order valence-corrected chi connectivity index (χ2v) is 4.00. The lowest BCUT2D eigenvalue weighted by molar-refractivity contribution is 0.314. The Kier molecular flexibility index (Phi) is 11.0. The first-order valence-electron chi connectivity index (χ1n) is 4.77. The zero-order chi connectivity index (χ0) is 11.6. The number of rotatable bonds is 4. The molecule has 0 saturated carbocycles. The van der Waals surface area contributed by atoms with Crippen LogP contribution in [0.3, 0.4) is 0 Å². The molecule has 4 heteroatoms. The van der Waals surface area contributed by atoms with Gasteiger partial charge in [-0.2, -0.15) is 0 Å². The maximum Gasteiger partial charge on any atom is 0.0575 e. The van der Waals surface area contributed by atoms with Crippen LogP contribution in [0.15, 0.2) is 10.3 Å². The van der Waals surface area contributed by atoms with Crippen LogP contribution in [-0.4, -0.2) is 22.8 Å². The maximum atomic E-state index is 8.61. The Bertz CT molecular complexity index is 154. The molecule has 84 valence electrons. The van der Waals surface area contributed by atoms with Crippen molar-refractivity contribution in [3.05, 3.63) is 0 Å². The lowest BCUT2D eigenvalue weighted by Crippen LogP contribution is -2.06. The van der Waals surface area contributed by atoms with E-state index in [0.717, 1.165) is 18.6 Å². The average Bonchev–Trinajstić information content (AvgIpc) is 2.02. The molecule has 0 unspecified atom stereocenters. The van der Waals surface area contributed by atoms with Gasteiger partial charge in [0.25, 0.3) is 0 Å². The van der Waals surface area contributed by atoms with Gasteiger partial charge in [-0.3, -0.25) is 0 Å². The highest BCUT2D eigenvalue weighted by Crippen LogP contribution is 2.09. The molecule has 0 heterocycles. The molecule has 0 aromatic carbocycles. The molecule has 0 aliphatic heterocycles. The molecule has 0 aliphatic rings. The number of nitrogens with zero attached hydrogens (tertiary/aromatic N) is 2. The Balaban J connectivity index is 0. The summed E-state index contributed by atoms with van der Waals surface area (Å²) in [4.78, 5) is 0. The highest BCUT2D eigenvalue weighted by atomic mass is 16.4. The Morgan fingerprint density at radius 1 is 1.07 bits per heavy atom. The van der Waals surface area contributed by atoms with Crippen molar-refractivity contribution in [1.29, 1.82) is 0 Å². The van der Waals surface area contributed by atoms with Gasteiger partial charge < -0.3 is 10.4 Å². The van der Waals surface area contributed by atoms with Gasteiger partial charge in [-0.1, -0.05) is 32.9 Å². The van der Waals surface area contributed by atoms with Crippen molar-refractivity contribution >= 4 is 12.4 Å². The summed E-state index contributed by atoms with van der Waals surface area (Å²) in [5.74, 6) is 1.17. The summed E-state index contributed by atoms with van der Waals surface area (Å²) in [6, 6.07) is 0. The summed E-state index contributed by atoms with van der Waals surface area (Å²) in [6.07, 6.45) is 1.82. The van der Waals surface area contributed by atoms with Gasteiger partial charge in [-0.15, -0.1) is 5.16 Å². The summed E-state index contributed by atoms with van der Waals surface area (Å²) >= 11 is 0. The van der Waals surface area contributed by atoms with Crippen molar-refractivity contribution in [2.24, 2.45) is 22.1 Å². The van der Waals surface area contributed by atoms with Crippen molar-refractivity contribution in [3.8, 4) is 0 Å². The Morgan fingerprint density at radius 2 is 1.36 bits per heavy atom. The van der Waals surface area contributed by atoms with Gasteiger partial charge in [0.15, 0.2) is 0 Å². The third kappa shape index (κ3) is 13.5. The standard InChI is InChI=1S/C9H19NO.CH3NO/c1-7(2)5-9(10-11)6-8(3)4;1-2-3/h7-8,11H,5-6H2,1-4H3;3H,1H2. The molecule has 0 bridgehead atoms. The molecule has 0 atom stereocenters. The van der Waals surface area contributed by atoms with Crippen LogP contribution >= 0.6 is 0 Å². The number of oxime groups is 2. The number of hydrogen-bond acceptors (Lipinski definition) is 4. The average molecular weight is 202 g/mol. The quantitative estimate of drug-likeness (QED) is 0.418. The first-order chi connectivity index (χ1) is 6.47. The lowest BCUT2D eigenvalue weighted by Gasteiger charge is -2.08. The Hall–Kier alpha value is -1.06. The minimum Gasteiger partial charge on any atom is -0.411 e. The molecule has 0 saturated heterocycles. The first kappa shape index (κ1) is 15.4. The second kappa shape index (κ2) is 10.0. The van der Waals surface area contributed by atoms with Crippen LogP contribution in [0, 0.1) is 11.8 Å². The van der Waals surface area contributed by atoms with Crippen LogP contribution in [0.5, 0.6) is 0 Å². The molecule has 2 N–H and O–H groups in total. The molecule has 0 rings (SSSR count). The fourth-order valence-electron chi connectivity index (χ4n) is 1.11. The molecule has 0 amide bonds. The molecule has 0 aliphatic carbocycles. The van der Waals surface area contributed by atoms with E-state index in [1.807, 2.05) is 0 Å². The van der Waals surface area contributed by atoms with Crippen molar-refractivity contribution in [1.82, 2.24) is 0 Å². The van der Waals surface area contributed by atoms with Crippen LogP contribution in [-0.2, 0) is 0 Å². The van der Waals surface area contributed by atoms with Crippen molar-refractivity contribution in [2.45, 2.75) is 40.5 Å². The maximum absolute atomic E-state index is 8.61. The van der Waals surface area contributed by atoms with Crippen molar-refractivity contribution < 1.29 is 10.4 Å². The Morgan fingerprint density at radius 3 is 1.50 bits per heavy atom. The topological polar surface area (TPSA) is 65.2 Å². The molecule has 14 heavy (non-hydrogen) atoms. The van der Waals surface area contributed by atoms with E-state index in [0.29, 0.717) is 11.8 Å². The SMILES string of the molecule is C=NO.CC(C)CC(CC(C)C)=NO. The van der Waals surface area contributed by atoms with Gasteiger partial charge in [0.2, 0.25) is 0 Å². The van der Waals surface area contributed by atoms with Crippen LogP contribution in [0.1, 0.15) is 40.5 Å². The lowest BCUT2D eigenvalue weighted by atomic mass is 9.99. The summed E-state index contributed by atoms with van der Waals surface area (Å²) in [5, 5.41) is 21.2. The van der Waals surface area contributed by atoms with Gasteiger partial charge in [0.05, 0.1) is 5.71 Å². The summed E-state index contributed by atoms with van der Waals surface area (Å²) in [6.45, 7) is 11.2. The highest BCUT2D eigenvalue weighted by molar-refractivity contribution is 5.84. The fourth-order valence-corrected chi connectivity index (χ4v) is 1.11. The van der Waals surface area contributed by atoms with E-state index in [4.69, 9.17) is 10.4 Å². The van der Waals surface area contributed by atoms with E-state index < -0.39 is 0 Å². The largest absolute Gasteiger partial charge is 0.411 e. The van der Waals surface area contributed by atoms with Gasteiger partial charge in [0.1, 0.15) is 0 Å². The van der Waals surface area contributed by atoms with E-state index in [9.17, 15) is 0 Å². The molecule has 0 aromatic heterocycles. The molecular formula is C10H22N2O2.